The normalized spacial score (nSPS) is 22.5. The first-order valence-electron chi connectivity index (χ1n) is 7.00. The van der Waals surface area contributed by atoms with Crippen LogP contribution in [0.15, 0.2) is 18.2 Å². The third kappa shape index (κ3) is 3.14. The Balaban J connectivity index is 1.49. The third-order valence-electron chi connectivity index (χ3n) is 3.98. The monoisotopic (exact) mass is 300 g/mol. The van der Waals surface area contributed by atoms with Crippen LogP contribution in [0.2, 0.25) is 5.02 Å². The topological polar surface area (TPSA) is 27.7 Å². The van der Waals surface area contributed by atoms with E-state index in [-0.39, 0.29) is 16.9 Å². The largest absolute Gasteiger partial charge is 0.374 e. The van der Waals surface area contributed by atoms with Gasteiger partial charge in [-0.15, -0.1) is 0 Å². The molecule has 1 aromatic rings. The van der Waals surface area contributed by atoms with E-state index in [1.807, 2.05) is 0 Å². The quantitative estimate of drug-likeness (QED) is 0.852. The molecule has 0 N–H and O–H groups in total. The summed E-state index contributed by atoms with van der Waals surface area (Å²) in [7, 11) is 0. The predicted molar refractivity (Wildman–Crippen MR) is 73.1 cm³/mol. The van der Waals surface area contributed by atoms with E-state index in [4.69, 9.17) is 25.8 Å². The predicted octanol–water partition coefficient (Wildman–Crippen LogP) is 3.68. The average Bonchev–Trinajstić information content (AvgIpc) is 2.90. The minimum Gasteiger partial charge on any atom is -0.374 e. The van der Waals surface area contributed by atoms with Crippen molar-refractivity contribution in [2.24, 2.45) is 0 Å². The van der Waals surface area contributed by atoms with Gasteiger partial charge in [0.2, 0.25) is 0 Å². The lowest BCUT2D eigenvalue weighted by Crippen LogP contribution is -2.37. The molecule has 0 bridgehead atoms. The Kier molecular flexibility index (Phi) is 4.26. The van der Waals surface area contributed by atoms with Gasteiger partial charge in [-0.1, -0.05) is 17.7 Å². The van der Waals surface area contributed by atoms with Gasteiger partial charge < -0.3 is 14.2 Å². The number of hydrogen-bond acceptors (Lipinski definition) is 3. The molecule has 110 valence electrons. The molecule has 1 aliphatic heterocycles. The van der Waals surface area contributed by atoms with Crippen LogP contribution in [-0.2, 0) is 20.8 Å². The number of hydrogen-bond donors (Lipinski definition) is 0. The van der Waals surface area contributed by atoms with Crippen LogP contribution >= 0.6 is 11.6 Å². The molecular formula is C15H18ClFO3. The summed E-state index contributed by atoms with van der Waals surface area (Å²) in [4.78, 5) is 0. The van der Waals surface area contributed by atoms with Crippen LogP contribution in [0.5, 0.6) is 0 Å². The lowest BCUT2D eigenvalue weighted by Gasteiger charge is -2.35. The first kappa shape index (κ1) is 14.3. The Hall–Kier alpha value is -0.680. The molecule has 0 aromatic heterocycles. The molecule has 1 heterocycles. The fraction of sp³-hybridized carbons (Fsp3) is 0.600. The van der Waals surface area contributed by atoms with Crippen molar-refractivity contribution in [1.29, 1.82) is 0 Å². The van der Waals surface area contributed by atoms with E-state index < -0.39 is 5.82 Å². The summed E-state index contributed by atoms with van der Waals surface area (Å²) >= 11 is 5.66. The second-order valence-corrected chi connectivity index (χ2v) is 5.77. The first-order chi connectivity index (χ1) is 9.67. The van der Waals surface area contributed by atoms with Crippen molar-refractivity contribution in [2.75, 3.05) is 13.2 Å². The van der Waals surface area contributed by atoms with Gasteiger partial charge in [-0.2, -0.15) is 0 Å². The van der Waals surface area contributed by atoms with E-state index >= 15 is 0 Å². The maximum absolute atomic E-state index is 13.3. The molecule has 1 aromatic carbocycles. The molecule has 0 atom stereocenters. The van der Waals surface area contributed by atoms with E-state index in [9.17, 15) is 4.39 Å². The van der Waals surface area contributed by atoms with E-state index in [1.54, 1.807) is 12.1 Å². The average molecular weight is 301 g/mol. The fourth-order valence-electron chi connectivity index (χ4n) is 2.83. The van der Waals surface area contributed by atoms with Crippen molar-refractivity contribution in [3.63, 3.8) is 0 Å². The van der Waals surface area contributed by atoms with E-state index in [2.05, 4.69) is 0 Å². The third-order valence-corrected chi connectivity index (χ3v) is 4.28. The molecule has 0 amide bonds. The standard InChI is InChI=1S/C15H18ClFO3/c16-13-2-1-11(9-14(13)17)10-18-12-3-5-15(6-4-12)19-7-8-20-15/h1-2,9,12H,3-8,10H2. The summed E-state index contributed by atoms with van der Waals surface area (Å²) in [6.07, 6.45) is 3.75. The smallest absolute Gasteiger partial charge is 0.168 e. The Labute approximate surface area is 123 Å². The van der Waals surface area contributed by atoms with Crippen LogP contribution in [0.25, 0.3) is 0 Å². The Bertz CT molecular complexity index is 464. The Morgan fingerprint density at radius 2 is 1.95 bits per heavy atom. The molecule has 20 heavy (non-hydrogen) atoms. The number of halogens is 2. The molecular weight excluding hydrogens is 283 g/mol. The fourth-order valence-corrected chi connectivity index (χ4v) is 2.94. The van der Waals surface area contributed by atoms with Gasteiger partial charge in [0.05, 0.1) is 30.9 Å². The molecule has 0 unspecified atom stereocenters. The van der Waals surface area contributed by atoms with Crippen molar-refractivity contribution in [3.8, 4) is 0 Å². The highest BCUT2D eigenvalue weighted by Crippen LogP contribution is 2.36. The van der Waals surface area contributed by atoms with Gasteiger partial charge in [0, 0.05) is 12.8 Å². The molecule has 2 fully saturated rings. The highest BCUT2D eigenvalue weighted by Gasteiger charge is 2.40. The number of rotatable bonds is 3. The van der Waals surface area contributed by atoms with Gasteiger partial charge in [0.15, 0.2) is 5.79 Å². The molecule has 1 spiro atoms. The van der Waals surface area contributed by atoms with Crippen LogP contribution in [0.3, 0.4) is 0 Å². The van der Waals surface area contributed by atoms with Gasteiger partial charge in [0.25, 0.3) is 0 Å². The Morgan fingerprint density at radius 1 is 1.25 bits per heavy atom. The highest BCUT2D eigenvalue weighted by atomic mass is 35.5. The molecule has 1 aliphatic carbocycles. The second kappa shape index (κ2) is 5.98. The highest BCUT2D eigenvalue weighted by molar-refractivity contribution is 6.30. The van der Waals surface area contributed by atoms with Crippen LogP contribution < -0.4 is 0 Å². The summed E-state index contributed by atoms with van der Waals surface area (Å²) in [6.45, 7) is 1.79. The van der Waals surface area contributed by atoms with Gasteiger partial charge in [-0.05, 0) is 30.5 Å². The molecule has 3 nitrogen and oxygen atoms in total. The molecule has 1 saturated carbocycles. The van der Waals surface area contributed by atoms with E-state index in [0.717, 1.165) is 31.2 Å². The summed E-state index contributed by atoms with van der Waals surface area (Å²) < 4.78 is 30.5. The molecule has 2 aliphatic rings. The van der Waals surface area contributed by atoms with E-state index in [0.29, 0.717) is 19.8 Å². The SMILES string of the molecule is Fc1cc(COC2CCC3(CC2)OCCO3)ccc1Cl. The summed E-state index contributed by atoms with van der Waals surface area (Å²) in [5.41, 5.74) is 0.806. The lowest BCUT2D eigenvalue weighted by atomic mass is 9.92. The van der Waals surface area contributed by atoms with Gasteiger partial charge in [-0.3, -0.25) is 0 Å². The van der Waals surface area contributed by atoms with Gasteiger partial charge in [0.1, 0.15) is 5.82 Å². The zero-order valence-corrected chi connectivity index (χ0v) is 12.0. The molecule has 1 saturated heterocycles. The molecule has 3 rings (SSSR count). The van der Waals surface area contributed by atoms with Crippen LogP contribution in [0.4, 0.5) is 4.39 Å². The minimum atomic E-state index is -0.400. The first-order valence-corrected chi connectivity index (χ1v) is 7.38. The number of ether oxygens (including phenoxy) is 3. The zero-order chi connectivity index (χ0) is 14.0. The van der Waals surface area contributed by atoms with E-state index in [1.165, 1.54) is 6.07 Å². The van der Waals surface area contributed by atoms with Crippen molar-refractivity contribution in [3.05, 3.63) is 34.6 Å². The van der Waals surface area contributed by atoms with Gasteiger partial charge >= 0.3 is 0 Å². The van der Waals surface area contributed by atoms with Gasteiger partial charge in [-0.25, -0.2) is 4.39 Å². The second-order valence-electron chi connectivity index (χ2n) is 5.37. The van der Waals surface area contributed by atoms with Crippen molar-refractivity contribution >= 4 is 11.6 Å². The van der Waals surface area contributed by atoms with Crippen LogP contribution in [0.1, 0.15) is 31.2 Å². The van der Waals surface area contributed by atoms with Crippen molar-refractivity contribution in [2.45, 2.75) is 44.2 Å². The van der Waals surface area contributed by atoms with Crippen molar-refractivity contribution in [1.82, 2.24) is 0 Å². The maximum Gasteiger partial charge on any atom is 0.168 e. The van der Waals surface area contributed by atoms with Crippen molar-refractivity contribution < 1.29 is 18.6 Å². The zero-order valence-electron chi connectivity index (χ0n) is 11.2. The molecule has 5 heteroatoms. The minimum absolute atomic E-state index is 0.142. The summed E-state index contributed by atoms with van der Waals surface area (Å²) in [6, 6.07) is 4.78. The Morgan fingerprint density at radius 3 is 2.60 bits per heavy atom. The summed E-state index contributed by atoms with van der Waals surface area (Å²) in [5.74, 6) is -0.755. The van der Waals surface area contributed by atoms with Crippen LogP contribution in [-0.4, -0.2) is 25.1 Å². The maximum atomic E-state index is 13.3. The number of benzene rings is 1. The summed E-state index contributed by atoms with van der Waals surface area (Å²) in [5, 5.41) is 0.142. The van der Waals surface area contributed by atoms with Crippen LogP contribution in [0, 0.1) is 5.82 Å². The molecule has 0 radical (unpaired) electrons. The lowest BCUT2D eigenvalue weighted by molar-refractivity contribution is -0.192.